The zero-order valence-electron chi connectivity index (χ0n) is 11.8. The van der Waals surface area contributed by atoms with E-state index in [1.807, 2.05) is 12.1 Å². The fourth-order valence-electron chi connectivity index (χ4n) is 2.19. The first-order valence-corrected chi connectivity index (χ1v) is 8.59. The smallest absolute Gasteiger partial charge is 0.203 e. The van der Waals surface area contributed by atoms with Gasteiger partial charge in [-0.3, -0.25) is 5.43 Å². The summed E-state index contributed by atoms with van der Waals surface area (Å²) in [6.07, 6.45) is 2.07. The van der Waals surface area contributed by atoms with Gasteiger partial charge >= 0.3 is 0 Å². The average molecular weight is 365 g/mol. The molecule has 0 saturated carbocycles. The molecule has 1 N–H and O–H groups in total. The molecule has 21 heavy (non-hydrogen) atoms. The zero-order valence-corrected chi connectivity index (χ0v) is 14.2. The second kappa shape index (κ2) is 6.68. The quantitative estimate of drug-likeness (QED) is 0.834. The van der Waals surface area contributed by atoms with Crippen molar-refractivity contribution in [2.75, 3.05) is 25.6 Å². The molecular weight excluding hydrogens is 348 g/mol. The molecule has 1 aromatic carbocycles. The largest absolute Gasteiger partial charge is 0.306 e. The number of hydrogen-bond donors (Lipinski definition) is 1. The summed E-state index contributed by atoms with van der Waals surface area (Å²) >= 11 is 5.03. The van der Waals surface area contributed by atoms with Gasteiger partial charge in [0.05, 0.1) is 5.69 Å². The molecule has 0 unspecified atom stereocenters. The summed E-state index contributed by atoms with van der Waals surface area (Å²) in [5.41, 5.74) is 6.43. The van der Waals surface area contributed by atoms with Crippen LogP contribution < -0.4 is 5.43 Å². The van der Waals surface area contributed by atoms with Gasteiger partial charge in [0.1, 0.15) is 0 Å². The van der Waals surface area contributed by atoms with Gasteiger partial charge in [0.15, 0.2) is 0 Å². The van der Waals surface area contributed by atoms with Crippen molar-refractivity contribution < 1.29 is 0 Å². The van der Waals surface area contributed by atoms with E-state index in [0.29, 0.717) is 0 Å². The lowest BCUT2D eigenvalue weighted by Gasteiger charge is -2.22. The van der Waals surface area contributed by atoms with Gasteiger partial charge in [-0.25, -0.2) is 4.98 Å². The van der Waals surface area contributed by atoms with Crippen LogP contribution in [-0.2, 0) is 0 Å². The highest BCUT2D eigenvalue weighted by Crippen LogP contribution is 2.26. The average Bonchev–Trinajstić information content (AvgIpc) is 2.96. The van der Waals surface area contributed by atoms with Gasteiger partial charge in [-0.1, -0.05) is 28.1 Å². The Morgan fingerprint density at radius 1 is 1.24 bits per heavy atom. The van der Waals surface area contributed by atoms with E-state index in [4.69, 9.17) is 0 Å². The zero-order chi connectivity index (χ0) is 14.7. The van der Waals surface area contributed by atoms with Crippen LogP contribution in [0.15, 0.2) is 39.2 Å². The van der Waals surface area contributed by atoms with Gasteiger partial charge < -0.3 is 4.90 Å². The van der Waals surface area contributed by atoms with Crippen molar-refractivity contribution in [1.82, 2.24) is 9.88 Å². The number of rotatable bonds is 3. The van der Waals surface area contributed by atoms with Gasteiger partial charge in [0, 0.05) is 47.1 Å². The van der Waals surface area contributed by atoms with E-state index in [1.54, 1.807) is 11.3 Å². The third-order valence-corrected chi connectivity index (χ3v) is 4.79. The molecule has 0 amide bonds. The van der Waals surface area contributed by atoms with Gasteiger partial charge in [0.2, 0.25) is 5.13 Å². The molecule has 1 aliphatic rings. The highest BCUT2D eigenvalue weighted by atomic mass is 79.9. The molecule has 0 atom stereocenters. The molecule has 110 valence electrons. The highest BCUT2D eigenvalue weighted by molar-refractivity contribution is 9.10. The monoisotopic (exact) mass is 364 g/mol. The summed E-state index contributed by atoms with van der Waals surface area (Å²) < 4.78 is 1.08. The Bertz CT molecular complexity index is 625. The normalized spacial score (nSPS) is 16.0. The second-order valence-corrected chi connectivity index (χ2v) is 6.91. The minimum Gasteiger partial charge on any atom is -0.306 e. The summed E-state index contributed by atoms with van der Waals surface area (Å²) in [7, 11) is 2.15. The lowest BCUT2D eigenvalue weighted by atomic mass is 10.1. The van der Waals surface area contributed by atoms with E-state index in [0.717, 1.165) is 46.8 Å². The number of piperidine rings is 1. The number of nitrogens with one attached hydrogen (secondary N) is 1. The summed E-state index contributed by atoms with van der Waals surface area (Å²) in [6, 6.07) is 8.18. The Kier molecular flexibility index (Phi) is 4.67. The lowest BCUT2D eigenvalue weighted by Crippen LogP contribution is -2.30. The van der Waals surface area contributed by atoms with Crippen LogP contribution >= 0.6 is 27.3 Å². The van der Waals surface area contributed by atoms with Crippen LogP contribution in [0.4, 0.5) is 5.13 Å². The third-order valence-electron chi connectivity index (χ3n) is 3.52. The van der Waals surface area contributed by atoms with E-state index in [1.165, 1.54) is 5.71 Å². The summed E-state index contributed by atoms with van der Waals surface area (Å²) in [6.45, 7) is 2.17. The molecule has 2 aromatic rings. The SMILES string of the molecule is CN1CCC(=NNc2nc(-c3ccc(Br)cc3)cs2)CC1. The number of nitrogens with zero attached hydrogens (tertiary/aromatic N) is 3. The maximum atomic E-state index is 4.58. The minimum absolute atomic E-state index is 0.847. The van der Waals surface area contributed by atoms with Crippen LogP contribution in [0.5, 0.6) is 0 Å². The standard InChI is InChI=1S/C15H17BrN4S/c1-20-8-6-13(7-9-20)18-19-15-17-14(10-21-15)11-2-4-12(16)5-3-11/h2-5,10H,6-9H2,1H3,(H,17,19). The van der Waals surface area contributed by atoms with Crippen molar-refractivity contribution in [3.05, 3.63) is 34.1 Å². The van der Waals surface area contributed by atoms with Crippen LogP contribution in [0.3, 0.4) is 0 Å². The van der Waals surface area contributed by atoms with E-state index < -0.39 is 0 Å². The molecule has 2 heterocycles. The number of thiazole rings is 1. The lowest BCUT2D eigenvalue weighted by molar-refractivity contribution is 0.336. The number of likely N-dealkylation sites (tertiary alicyclic amines) is 1. The van der Waals surface area contributed by atoms with Crippen LogP contribution in [0.1, 0.15) is 12.8 Å². The Morgan fingerprint density at radius 2 is 1.95 bits per heavy atom. The van der Waals surface area contributed by atoms with Crippen molar-refractivity contribution in [2.24, 2.45) is 5.10 Å². The molecule has 6 heteroatoms. The number of aromatic nitrogens is 1. The summed E-state index contributed by atoms with van der Waals surface area (Å²) in [5, 5.41) is 7.39. The van der Waals surface area contributed by atoms with Crippen LogP contribution in [0.2, 0.25) is 0 Å². The molecule has 0 spiro atoms. The Hall–Kier alpha value is -1.24. The van der Waals surface area contributed by atoms with E-state index in [2.05, 4.69) is 60.9 Å². The molecule has 0 aliphatic carbocycles. The number of halogens is 1. The summed E-state index contributed by atoms with van der Waals surface area (Å²) in [4.78, 5) is 6.91. The predicted octanol–water partition coefficient (Wildman–Crippen LogP) is 4.07. The van der Waals surface area contributed by atoms with Gasteiger partial charge in [-0.2, -0.15) is 5.10 Å². The number of anilines is 1. The minimum atomic E-state index is 0.847. The van der Waals surface area contributed by atoms with E-state index >= 15 is 0 Å². The topological polar surface area (TPSA) is 40.5 Å². The molecule has 0 radical (unpaired) electrons. The molecule has 4 nitrogen and oxygen atoms in total. The fourth-order valence-corrected chi connectivity index (χ4v) is 3.12. The van der Waals surface area contributed by atoms with Gasteiger partial charge in [0.25, 0.3) is 0 Å². The number of hydrazone groups is 1. The Labute approximate surface area is 137 Å². The van der Waals surface area contributed by atoms with Crippen molar-refractivity contribution in [3.63, 3.8) is 0 Å². The van der Waals surface area contributed by atoms with Gasteiger partial charge in [-0.05, 0) is 19.2 Å². The van der Waals surface area contributed by atoms with Crippen LogP contribution in [0.25, 0.3) is 11.3 Å². The maximum Gasteiger partial charge on any atom is 0.203 e. The first-order chi connectivity index (χ1) is 10.2. The molecule has 1 aromatic heterocycles. The van der Waals surface area contributed by atoms with E-state index in [-0.39, 0.29) is 0 Å². The van der Waals surface area contributed by atoms with Crippen molar-refractivity contribution >= 4 is 38.1 Å². The fraction of sp³-hybridized carbons (Fsp3) is 0.333. The molecule has 3 rings (SSSR count). The molecular formula is C15H17BrN4S. The number of hydrogen-bond acceptors (Lipinski definition) is 5. The van der Waals surface area contributed by atoms with E-state index in [9.17, 15) is 0 Å². The molecule has 1 fully saturated rings. The third kappa shape index (κ3) is 3.90. The molecule has 0 bridgehead atoms. The second-order valence-electron chi connectivity index (χ2n) is 5.14. The summed E-state index contributed by atoms with van der Waals surface area (Å²) in [5.74, 6) is 0. The van der Waals surface area contributed by atoms with Crippen LogP contribution in [0, 0.1) is 0 Å². The first-order valence-electron chi connectivity index (χ1n) is 6.92. The predicted molar refractivity (Wildman–Crippen MR) is 93.0 cm³/mol. The highest BCUT2D eigenvalue weighted by Gasteiger charge is 2.11. The van der Waals surface area contributed by atoms with Gasteiger partial charge in [-0.15, -0.1) is 11.3 Å². The maximum absolute atomic E-state index is 4.58. The van der Waals surface area contributed by atoms with Crippen molar-refractivity contribution in [3.8, 4) is 11.3 Å². The first kappa shape index (κ1) is 14.7. The molecule has 1 aliphatic heterocycles. The Morgan fingerprint density at radius 3 is 2.67 bits per heavy atom. The Balaban J connectivity index is 1.65. The molecule has 1 saturated heterocycles. The van der Waals surface area contributed by atoms with Crippen molar-refractivity contribution in [2.45, 2.75) is 12.8 Å². The number of benzene rings is 1. The van der Waals surface area contributed by atoms with Crippen LogP contribution in [-0.4, -0.2) is 35.7 Å². The van der Waals surface area contributed by atoms with Crippen molar-refractivity contribution in [1.29, 1.82) is 0 Å².